The van der Waals surface area contributed by atoms with E-state index in [0.717, 1.165) is 31.8 Å². The molecule has 1 atom stereocenters. The molecule has 1 unspecified atom stereocenters. The molecule has 1 amide bonds. The van der Waals surface area contributed by atoms with Crippen molar-refractivity contribution in [2.45, 2.75) is 52.6 Å². The van der Waals surface area contributed by atoms with Crippen LogP contribution in [0.15, 0.2) is 24.3 Å². The molecule has 0 aliphatic carbocycles. The number of carbonyl (C=O) groups is 1. The average Bonchev–Trinajstić information content (AvgIpc) is 2.90. The Kier molecular flexibility index (Phi) is 5.91. The van der Waals surface area contributed by atoms with E-state index >= 15 is 0 Å². The fraction of sp³-hybridized carbons (Fsp3) is 0.632. The summed E-state index contributed by atoms with van der Waals surface area (Å²) in [6.07, 6.45) is 3.08. The van der Waals surface area contributed by atoms with E-state index in [1.165, 1.54) is 17.7 Å². The van der Waals surface area contributed by atoms with Crippen molar-refractivity contribution in [2.75, 3.05) is 24.5 Å². The second-order valence-electron chi connectivity index (χ2n) is 7.51. The molecule has 1 aliphatic heterocycles. The number of nitrogens with zero attached hydrogens (tertiary/aromatic N) is 1. The van der Waals surface area contributed by atoms with Crippen LogP contribution in [0.2, 0.25) is 0 Å². The lowest BCUT2D eigenvalue weighted by Gasteiger charge is -2.20. The number of amides is 1. The Bertz CT molecular complexity index is 522. The third-order valence-electron chi connectivity index (χ3n) is 4.11. The van der Waals surface area contributed by atoms with Crippen LogP contribution in [0.5, 0.6) is 0 Å². The van der Waals surface area contributed by atoms with E-state index in [9.17, 15) is 4.79 Å². The van der Waals surface area contributed by atoms with Gasteiger partial charge in [-0.3, -0.25) is 0 Å². The zero-order valence-corrected chi connectivity index (χ0v) is 14.9. The van der Waals surface area contributed by atoms with E-state index in [1.807, 2.05) is 20.8 Å². The minimum absolute atomic E-state index is 0.315. The molecule has 128 valence electrons. The van der Waals surface area contributed by atoms with Gasteiger partial charge in [-0.25, -0.2) is 4.79 Å². The maximum absolute atomic E-state index is 11.6. The van der Waals surface area contributed by atoms with E-state index in [0.29, 0.717) is 6.54 Å². The van der Waals surface area contributed by atoms with Crippen LogP contribution in [-0.4, -0.2) is 31.3 Å². The van der Waals surface area contributed by atoms with Gasteiger partial charge in [0.25, 0.3) is 0 Å². The topological polar surface area (TPSA) is 41.6 Å². The summed E-state index contributed by atoms with van der Waals surface area (Å²) < 4.78 is 5.24. The molecule has 0 saturated carbocycles. The van der Waals surface area contributed by atoms with E-state index in [2.05, 4.69) is 41.4 Å². The fourth-order valence-corrected chi connectivity index (χ4v) is 3.02. The number of ether oxygens (including phenoxy) is 1. The summed E-state index contributed by atoms with van der Waals surface area (Å²) in [5, 5.41) is 2.84. The van der Waals surface area contributed by atoms with Gasteiger partial charge in [0, 0.05) is 25.3 Å². The predicted octanol–water partition coefficient (Wildman–Crippen LogP) is 4.13. The fourth-order valence-electron chi connectivity index (χ4n) is 3.02. The van der Waals surface area contributed by atoms with Crippen LogP contribution in [0.25, 0.3) is 0 Å². The van der Waals surface area contributed by atoms with Gasteiger partial charge in [-0.05, 0) is 70.6 Å². The molecule has 0 bridgehead atoms. The van der Waals surface area contributed by atoms with Gasteiger partial charge in [0.1, 0.15) is 5.60 Å². The number of hydrogen-bond donors (Lipinski definition) is 1. The number of carbonyl (C=O) groups excluding carboxylic acids is 1. The summed E-state index contributed by atoms with van der Waals surface area (Å²) >= 11 is 0. The molecule has 0 spiro atoms. The van der Waals surface area contributed by atoms with Crippen molar-refractivity contribution >= 4 is 11.8 Å². The zero-order chi connectivity index (χ0) is 16.9. The van der Waals surface area contributed by atoms with E-state index < -0.39 is 5.60 Å². The number of hydrogen-bond acceptors (Lipinski definition) is 3. The minimum atomic E-state index is -0.427. The Morgan fingerprint density at radius 1 is 1.39 bits per heavy atom. The summed E-state index contributed by atoms with van der Waals surface area (Å²) in [4.78, 5) is 14.1. The Morgan fingerprint density at radius 3 is 2.87 bits per heavy atom. The molecule has 0 aromatic heterocycles. The van der Waals surface area contributed by atoms with Gasteiger partial charge in [0.05, 0.1) is 0 Å². The maximum Gasteiger partial charge on any atom is 0.407 e. The molecule has 4 nitrogen and oxygen atoms in total. The van der Waals surface area contributed by atoms with Gasteiger partial charge in [-0.15, -0.1) is 0 Å². The molecule has 1 aliphatic rings. The van der Waals surface area contributed by atoms with Crippen LogP contribution in [0.1, 0.15) is 45.6 Å². The van der Waals surface area contributed by atoms with Crippen molar-refractivity contribution in [3.05, 3.63) is 29.8 Å². The van der Waals surface area contributed by atoms with Crippen molar-refractivity contribution in [3.8, 4) is 0 Å². The standard InChI is InChI=1S/C19H30N2O2/c1-15-7-5-9-17(13-15)21-12-10-16(14-21)8-6-11-20-18(22)23-19(2,3)4/h5,7,9,13,16H,6,8,10-12,14H2,1-4H3,(H,20,22). The molecule has 1 fully saturated rings. The van der Waals surface area contributed by atoms with Gasteiger partial charge in [-0.1, -0.05) is 12.1 Å². The van der Waals surface area contributed by atoms with Gasteiger partial charge < -0.3 is 15.0 Å². The first kappa shape index (κ1) is 17.6. The van der Waals surface area contributed by atoms with Gasteiger partial charge >= 0.3 is 6.09 Å². The minimum Gasteiger partial charge on any atom is -0.444 e. The monoisotopic (exact) mass is 318 g/mol. The van der Waals surface area contributed by atoms with Crippen LogP contribution >= 0.6 is 0 Å². The number of rotatable bonds is 5. The molecule has 23 heavy (non-hydrogen) atoms. The summed E-state index contributed by atoms with van der Waals surface area (Å²) in [5.74, 6) is 0.718. The van der Waals surface area contributed by atoms with Crippen molar-refractivity contribution in [3.63, 3.8) is 0 Å². The first-order valence-corrected chi connectivity index (χ1v) is 8.62. The predicted molar refractivity (Wildman–Crippen MR) is 95.0 cm³/mol. The van der Waals surface area contributed by atoms with Crippen LogP contribution in [0.4, 0.5) is 10.5 Å². The Hall–Kier alpha value is -1.71. The average molecular weight is 318 g/mol. The Labute approximate surface area is 140 Å². The summed E-state index contributed by atoms with van der Waals surface area (Å²) in [6.45, 7) is 10.7. The second kappa shape index (κ2) is 7.71. The van der Waals surface area contributed by atoms with Crippen molar-refractivity contribution in [1.82, 2.24) is 5.32 Å². The molecule has 1 heterocycles. The van der Waals surface area contributed by atoms with Crippen molar-refractivity contribution in [2.24, 2.45) is 5.92 Å². The van der Waals surface area contributed by atoms with Crippen molar-refractivity contribution < 1.29 is 9.53 Å². The first-order chi connectivity index (χ1) is 10.8. The lowest BCUT2D eigenvalue weighted by molar-refractivity contribution is 0.0526. The SMILES string of the molecule is Cc1cccc(N2CCC(CCCNC(=O)OC(C)(C)C)C2)c1. The highest BCUT2D eigenvalue weighted by molar-refractivity contribution is 5.67. The summed E-state index contributed by atoms with van der Waals surface area (Å²) in [7, 11) is 0. The van der Waals surface area contributed by atoms with Gasteiger partial charge in [-0.2, -0.15) is 0 Å². The largest absolute Gasteiger partial charge is 0.444 e. The van der Waals surface area contributed by atoms with E-state index in [-0.39, 0.29) is 6.09 Å². The number of alkyl carbamates (subject to hydrolysis) is 1. The van der Waals surface area contributed by atoms with Crippen LogP contribution in [-0.2, 0) is 4.74 Å². The Balaban J connectivity index is 1.65. The summed E-state index contributed by atoms with van der Waals surface area (Å²) in [5.41, 5.74) is 2.22. The Morgan fingerprint density at radius 2 is 2.17 bits per heavy atom. The highest BCUT2D eigenvalue weighted by Gasteiger charge is 2.22. The molecule has 1 aromatic rings. The van der Waals surface area contributed by atoms with Crippen LogP contribution < -0.4 is 10.2 Å². The first-order valence-electron chi connectivity index (χ1n) is 8.62. The lowest BCUT2D eigenvalue weighted by atomic mass is 10.0. The van der Waals surface area contributed by atoms with Gasteiger partial charge in [0.2, 0.25) is 0 Å². The third kappa shape index (κ3) is 6.12. The van der Waals surface area contributed by atoms with Crippen LogP contribution in [0.3, 0.4) is 0 Å². The molecular weight excluding hydrogens is 288 g/mol. The molecule has 1 aromatic carbocycles. The molecule has 2 rings (SSSR count). The number of nitrogens with one attached hydrogen (secondary N) is 1. The van der Waals surface area contributed by atoms with E-state index in [1.54, 1.807) is 0 Å². The normalized spacial score (nSPS) is 18.1. The molecule has 0 radical (unpaired) electrons. The van der Waals surface area contributed by atoms with Crippen molar-refractivity contribution in [1.29, 1.82) is 0 Å². The zero-order valence-electron chi connectivity index (χ0n) is 14.9. The quantitative estimate of drug-likeness (QED) is 0.830. The molecule has 1 saturated heterocycles. The number of anilines is 1. The second-order valence-corrected chi connectivity index (χ2v) is 7.51. The molecular formula is C19H30N2O2. The number of benzene rings is 1. The highest BCUT2D eigenvalue weighted by atomic mass is 16.6. The van der Waals surface area contributed by atoms with E-state index in [4.69, 9.17) is 4.74 Å². The number of aryl methyl sites for hydroxylation is 1. The highest BCUT2D eigenvalue weighted by Crippen LogP contribution is 2.26. The maximum atomic E-state index is 11.6. The molecule has 4 heteroatoms. The molecule has 1 N–H and O–H groups in total. The summed E-state index contributed by atoms with van der Waals surface area (Å²) in [6, 6.07) is 8.72. The lowest BCUT2D eigenvalue weighted by Crippen LogP contribution is -2.33. The van der Waals surface area contributed by atoms with Gasteiger partial charge in [0.15, 0.2) is 0 Å². The smallest absolute Gasteiger partial charge is 0.407 e. The third-order valence-corrected chi connectivity index (χ3v) is 4.11. The van der Waals surface area contributed by atoms with Crippen LogP contribution in [0, 0.1) is 12.8 Å².